The van der Waals surface area contributed by atoms with Gasteiger partial charge in [0.2, 0.25) is 0 Å². The summed E-state index contributed by atoms with van der Waals surface area (Å²) in [4.78, 5) is 6.63. The molecule has 1 aromatic carbocycles. The lowest BCUT2D eigenvalue weighted by atomic mass is 9.89. The van der Waals surface area contributed by atoms with E-state index in [2.05, 4.69) is 92.4 Å². The van der Waals surface area contributed by atoms with Gasteiger partial charge in [0.05, 0.1) is 12.6 Å². The molecule has 1 aromatic heterocycles. The second kappa shape index (κ2) is 9.42. The summed E-state index contributed by atoms with van der Waals surface area (Å²) in [6, 6.07) is 12.7. The standard InChI is InChI=1S/C21H29BrN4O/c1-23-21(26(3)15-19-12-18(22)14-25(19)2)24-13-17-10-7-11-27-20(17)16-8-5-4-6-9-16/h4-6,8-9,12,14,17,20H,7,10-11,13,15H2,1-3H3,(H,23,24). The number of guanidine groups is 1. The molecular formula is C21H29BrN4O. The summed E-state index contributed by atoms with van der Waals surface area (Å²) in [6.07, 6.45) is 4.50. The van der Waals surface area contributed by atoms with Gasteiger partial charge in [-0.25, -0.2) is 0 Å². The summed E-state index contributed by atoms with van der Waals surface area (Å²) in [5, 5.41) is 3.56. The Morgan fingerprint density at radius 1 is 1.37 bits per heavy atom. The second-order valence-corrected chi connectivity index (χ2v) is 8.06. The fraction of sp³-hybridized carbons (Fsp3) is 0.476. The van der Waals surface area contributed by atoms with Gasteiger partial charge in [-0.3, -0.25) is 4.99 Å². The second-order valence-electron chi connectivity index (χ2n) is 7.15. The van der Waals surface area contributed by atoms with Crippen LogP contribution >= 0.6 is 15.9 Å². The topological polar surface area (TPSA) is 41.8 Å². The summed E-state index contributed by atoms with van der Waals surface area (Å²) in [7, 11) is 5.97. The largest absolute Gasteiger partial charge is 0.373 e. The van der Waals surface area contributed by atoms with Gasteiger partial charge in [-0.05, 0) is 40.4 Å². The Bertz CT molecular complexity index is 759. The lowest BCUT2D eigenvalue weighted by Gasteiger charge is -2.33. The minimum Gasteiger partial charge on any atom is -0.373 e. The van der Waals surface area contributed by atoms with Crippen molar-refractivity contribution in [1.82, 2.24) is 14.8 Å². The number of halogens is 1. The Hall–Kier alpha value is -1.79. The van der Waals surface area contributed by atoms with Gasteiger partial charge in [0.15, 0.2) is 5.96 Å². The maximum Gasteiger partial charge on any atom is 0.193 e. The third-order valence-corrected chi connectivity index (χ3v) is 5.58. The molecule has 1 fully saturated rings. The molecule has 0 spiro atoms. The fourth-order valence-corrected chi connectivity index (χ4v) is 4.28. The van der Waals surface area contributed by atoms with E-state index in [1.165, 1.54) is 11.3 Å². The molecule has 27 heavy (non-hydrogen) atoms. The van der Waals surface area contributed by atoms with Crippen molar-refractivity contribution in [2.24, 2.45) is 18.0 Å². The smallest absolute Gasteiger partial charge is 0.193 e. The van der Waals surface area contributed by atoms with Gasteiger partial charge in [0.1, 0.15) is 0 Å². The molecule has 1 N–H and O–H groups in total. The quantitative estimate of drug-likeness (QED) is 0.573. The first-order valence-corrected chi connectivity index (χ1v) is 10.3. The highest BCUT2D eigenvalue weighted by atomic mass is 79.9. The van der Waals surface area contributed by atoms with Crippen molar-refractivity contribution in [3.05, 3.63) is 58.3 Å². The number of nitrogens with one attached hydrogen (secondary N) is 1. The normalized spacial score (nSPS) is 20.5. The van der Waals surface area contributed by atoms with Gasteiger partial charge >= 0.3 is 0 Å². The number of hydrogen-bond donors (Lipinski definition) is 1. The van der Waals surface area contributed by atoms with Crippen molar-refractivity contribution in [3.8, 4) is 0 Å². The van der Waals surface area contributed by atoms with Crippen molar-refractivity contribution in [2.75, 3.05) is 27.2 Å². The van der Waals surface area contributed by atoms with Gasteiger partial charge in [-0.15, -0.1) is 0 Å². The molecule has 0 amide bonds. The van der Waals surface area contributed by atoms with Crippen LogP contribution in [0, 0.1) is 5.92 Å². The van der Waals surface area contributed by atoms with E-state index in [9.17, 15) is 0 Å². The molecule has 0 radical (unpaired) electrons. The molecule has 3 rings (SSSR count). The Morgan fingerprint density at radius 3 is 2.81 bits per heavy atom. The molecule has 0 bridgehead atoms. The third kappa shape index (κ3) is 5.14. The van der Waals surface area contributed by atoms with Gasteiger partial charge < -0.3 is 19.5 Å². The number of rotatable bonds is 5. The van der Waals surface area contributed by atoms with Crippen molar-refractivity contribution < 1.29 is 4.74 Å². The molecule has 2 heterocycles. The van der Waals surface area contributed by atoms with E-state index in [0.717, 1.165) is 43.0 Å². The van der Waals surface area contributed by atoms with E-state index in [-0.39, 0.29) is 6.10 Å². The molecule has 5 nitrogen and oxygen atoms in total. The fourth-order valence-electron chi connectivity index (χ4n) is 3.71. The van der Waals surface area contributed by atoms with E-state index in [0.29, 0.717) is 5.92 Å². The summed E-state index contributed by atoms with van der Waals surface area (Å²) >= 11 is 3.54. The first-order chi connectivity index (χ1) is 13.1. The number of ether oxygens (including phenoxy) is 1. The Morgan fingerprint density at radius 2 is 2.15 bits per heavy atom. The minimum atomic E-state index is 0.152. The van der Waals surface area contributed by atoms with Gasteiger partial charge in [0.25, 0.3) is 0 Å². The zero-order valence-electron chi connectivity index (χ0n) is 16.4. The number of aryl methyl sites for hydroxylation is 1. The van der Waals surface area contributed by atoms with Gasteiger partial charge in [-0.1, -0.05) is 30.3 Å². The summed E-state index contributed by atoms with van der Waals surface area (Å²) < 4.78 is 9.35. The van der Waals surface area contributed by atoms with E-state index >= 15 is 0 Å². The Balaban J connectivity index is 1.61. The van der Waals surface area contributed by atoms with Gasteiger partial charge in [0, 0.05) is 56.6 Å². The zero-order chi connectivity index (χ0) is 19.2. The summed E-state index contributed by atoms with van der Waals surface area (Å²) in [5.74, 6) is 1.35. The van der Waals surface area contributed by atoms with Crippen molar-refractivity contribution >= 4 is 21.9 Å². The molecule has 2 unspecified atom stereocenters. The number of aromatic nitrogens is 1. The van der Waals surface area contributed by atoms with Crippen LogP contribution in [-0.4, -0.2) is 42.7 Å². The highest BCUT2D eigenvalue weighted by Gasteiger charge is 2.27. The maximum absolute atomic E-state index is 6.12. The van der Waals surface area contributed by atoms with Crippen molar-refractivity contribution in [2.45, 2.75) is 25.5 Å². The van der Waals surface area contributed by atoms with E-state index in [1.54, 1.807) is 0 Å². The molecule has 146 valence electrons. The molecule has 1 aliphatic heterocycles. The lowest BCUT2D eigenvalue weighted by Crippen LogP contribution is -2.42. The number of aliphatic imine (C=N–C) groups is 1. The molecule has 1 saturated heterocycles. The lowest BCUT2D eigenvalue weighted by molar-refractivity contribution is -0.0266. The molecule has 2 atom stereocenters. The third-order valence-electron chi connectivity index (χ3n) is 5.14. The maximum atomic E-state index is 6.12. The molecule has 6 heteroatoms. The predicted molar refractivity (Wildman–Crippen MR) is 114 cm³/mol. The molecule has 2 aromatic rings. The highest BCUT2D eigenvalue weighted by molar-refractivity contribution is 9.10. The Kier molecular flexibility index (Phi) is 6.96. The average Bonchev–Trinajstić information content (AvgIpc) is 3.00. The van der Waals surface area contributed by atoms with E-state index in [4.69, 9.17) is 4.74 Å². The number of benzene rings is 1. The predicted octanol–water partition coefficient (Wildman–Crippen LogP) is 3.96. The molecule has 0 saturated carbocycles. The molecule has 1 aliphatic rings. The van der Waals surface area contributed by atoms with E-state index in [1.807, 2.05) is 7.05 Å². The highest BCUT2D eigenvalue weighted by Crippen LogP contribution is 2.33. The first kappa shape index (κ1) is 20.0. The van der Waals surface area contributed by atoms with Crippen LogP contribution in [-0.2, 0) is 18.3 Å². The Labute approximate surface area is 170 Å². The molecule has 0 aliphatic carbocycles. The number of hydrogen-bond acceptors (Lipinski definition) is 2. The van der Waals surface area contributed by atoms with Crippen LogP contribution in [0.25, 0.3) is 0 Å². The van der Waals surface area contributed by atoms with Crippen LogP contribution in [0.15, 0.2) is 52.1 Å². The average molecular weight is 433 g/mol. The first-order valence-electron chi connectivity index (χ1n) is 9.47. The van der Waals surface area contributed by atoms with Crippen LogP contribution in [0.5, 0.6) is 0 Å². The zero-order valence-corrected chi connectivity index (χ0v) is 17.9. The monoisotopic (exact) mass is 432 g/mol. The molecular weight excluding hydrogens is 404 g/mol. The summed E-state index contributed by atoms with van der Waals surface area (Å²) in [5.41, 5.74) is 2.50. The number of nitrogens with zero attached hydrogens (tertiary/aromatic N) is 3. The van der Waals surface area contributed by atoms with Crippen LogP contribution < -0.4 is 5.32 Å². The van der Waals surface area contributed by atoms with Crippen LogP contribution in [0.3, 0.4) is 0 Å². The van der Waals surface area contributed by atoms with Crippen LogP contribution in [0.4, 0.5) is 0 Å². The van der Waals surface area contributed by atoms with E-state index < -0.39 is 0 Å². The SMILES string of the molecule is CN=C(NCC1CCCOC1c1ccccc1)N(C)Cc1cc(Br)cn1C. The minimum absolute atomic E-state index is 0.152. The van der Waals surface area contributed by atoms with Crippen molar-refractivity contribution in [3.63, 3.8) is 0 Å². The summed E-state index contributed by atoms with van der Waals surface area (Å²) in [6.45, 7) is 2.49. The van der Waals surface area contributed by atoms with Crippen LogP contribution in [0.2, 0.25) is 0 Å². The van der Waals surface area contributed by atoms with Crippen molar-refractivity contribution in [1.29, 1.82) is 0 Å². The van der Waals surface area contributed by atoms with Crippen LogP contribution in [0.1, 0.15) is 30.2 Å². The van der Waals surface area contributed by atoms with Gasteiger partial charge in [-0.2, -0.15) is 0 Å².